The van der Waals surface area contributed by atoms with Crippen LogP contribution in [0.1, 0.15) is 16.9 Å². The SMILES string of the molecule is COc1ccc(NC(=O)NC(=O)COC(=O)CCNC(=O)c2n[nH]c3ccccc23)cc1. The van der Waals surface area contributed by atoms with E-state index in [9.17, 15) is 19.2 Å². The average Bonchev–Trinajstić information content (AvgIpc) is 3.22. The monoisotopic (exact) mass is 439 g/mol. The summed E-state index contributed by atoms with van der Waals surface area (Å²) in [6, 6.07) is 12.9. The second kappa shape index (κ2) is 10.6. The molecule has 0 unspecified atom stereocenters. The van der Waals surface area contributed by atoms with Gasteiger partial charge in [-0.3, -0.25) is 24.8 Å². The smallest absolute Gasteiger partial charge is 0.325 e. The van der Waals surface area contributed by atoms with E-state index in [0.29, 0.717) is 16.8 Å². The Morgan fingerprint density at radius 1 is 1.03 bits per heavy atom. The number of nitrogens with one attached hydrogen (secondary N) is 4. The van der Waals surface area contributed by atoms with Crippen LogP contribution in [0.25, 0.3) is 10.9 Å². The minimum absolute atomic E-state index is 0.00156. The van der Waals surface area contributed by atoms with Gasteiger partial charge in [0, 0.05) is 17.6 Å². The number of H-pyrrole nitrogens is 1. The van der Waals surface area contributed by atoms with Crippen LogP contribution < -0.4 is 20.7 Å². The lowest BCUT2D eigenvalue weighted by Gasteiger charge is -2.08. The van der Waals surface area contributed by atoms with E-state index in [1.807, 2.05) is 11.4 Å². The number of aromatic amines is 1. The molecule has 0 spiro atoms. The van der Waals surface area contributed by atoms with Gasteiger partial charge in [-0.2, -0.15) is 5.10 Å². The molecule has 0 fully saturated rings. The number of para-hydroxylation sites is 1. The molecule has 3 rings (SSSR count). The van der Waals surface area contributed by atoms with Crippen LogP contribution in [0, 0.1) is 0 Å². The predicted octanol–water partition coefficient (Wildman–Crippen LogP) is 1.58. The first-order chi connectivity index (χ1) is 15.5. The number of ether oxygens (including phenoxy) is 2. The summed E-state index contributed by atoms with van der Waals surface area (Å²) in [5.41, 5.74) is 1.39. The van der Waals surface area contributed by atoms with Crippen LogP contribution in [0.3, 0.4) is 0 Å². The number of imide groups is 1. The molecular weight excluding hydrogens is 418 g/mol. The number of aromatic nitrogens is 2. The molecule has 166 valence electrons. The van der Waals surface area contributed by atoms with Gasteiger partial charge in [-0.05, 0) is 30.3 Å². The lowest BCUT2D eigenvalue weighted by atomic mass is 10.2. The van der Waals surface area contributed by atoms with Crippen molar-refractivity contribution >= 4 is 40.4 Å². The van der Waals surface area contributed by atoms with Crippen LogP contribution >= 0.6 is 0 Å². The highest BCUT2D eigenvalue weighted by Crippen LogP contribution is 2.15. The summed E-state index contributed by atoms with van der Waals surface area (Å²) in [5.74, 6) is -1.32. The van der Waals surface area contributed by atoms with Gasteiger partial charge in [-0.25, -0.2) is 4.79 Å². The van der Waals surface area contributed by atoms with Gasteiger partial charge >= 0.3 is 12.0 Å². The summed E-state index contributed by atoms with van der Waals surface area (Å²) in [5, 5.41) is 14.5. The molecule has 0 saturated heterocycles. The summed E-state index contributed by atoms with van der Waals surface area (Å²) < 4.78 is 9.82. The highest BCUT2D eigenvalue weighted by molar-refractivity contribution is 6.04. The highest BCUT2D eigenvalue weighted by atomic mass is 16.5. The van der Waals surface area contributed by atoms with Crippen molar-refractivity contribution in [2.24, 2.45) is 0 Å². The molecule has 2 aromatic carbocycles. The number of carbonyl (C=O) groups is 4. The molecule has 4 amide bonds. The summed E-state index contributed by atoms with van der Waals surface area (Å²) in [6.07, 6.45) is -0.153. The van der Waals surface area contributed by atoms with Crippen molar-refractivity contribution in [3.8, 4) is 5.75 Å². The number of fused-ring (bicyclic) bond motifs is 1. The molecule has 32 heavy (non-hydrogen) atoms. The van der Waals surface area contributed by atoms with Crippen LogP contribution in [0.2, 0.25) is 0 Å². The Balaban J connectivity index is 1.34. The van der Waals surface area contributed by atoms with E-state index < -0.39 is 30.4 Å². The number of hydrogen-bond donors (Lipinski definition) is 4. The Bertz CT molecular complexity index is 1130. The summed E-state index contributed by atoms with van der Waals surface area (Å²) in [6.45, 7) is -0.634. The van der Waals surface area contributed by atoms with E-state index in [-0.39, 0.29) is 18.7 Å². The topological polar surface area (TPSA) is 152 Å². The molecule has 3 aromatic rings. The van der Waals surface area contributed by atoms with Crippen LogP contribution in [-0.2, 0) is 14.3 Å². The van der Waals surface area contributed by atoms with Crippen LogP contribution in [-0.4, -0.2) is 54.3 Å². The van der Waals surface area contributed by atoms with Gasteiger partial charge in [0.25, 0.3) is 11.8 Å². The van der Waals surface area contributed by atoms with Gasteiger partial charge in [-0.1, -0.05) is 18.2 Å². The van der Waals surface area contributed by atoms with Crippen molar-refractivity contribution < 1.29 is 28.7 Å². The fourth-order valence-corrected chi connectivity index (χ4v) is 2.72. The molecular formula is C21H21N5O6. The minimum atomic E-state index is -0.795. The molecule has 11 nitrogen and oxygen atoms in total. The number of benzene rings is 2. The van der Waals surface area contributed by atoms with Crippen LogP contribution in [0.4, 0.5) is 10.5 Å². The molecule has 1 aromatic heterocycles. The van der Waals surface area contributed by atoms with E-state index >= 15 is 0 Å². The van der Waals surface area contributed by atoms with Gasteiger partial charge < -0.3 is 20.1 Å². The van der Waals surface area contributed by atoms with E-state index in [1.165, 1.54) is 7.11 Å². The number of rotatable bonds is 8. The van der Waals surface area contributed by atoms with Crippen molar-refractivity contribution in [2.45, 2.75) is 6.42 Å². The van der Waals surface area contributed by atoms with E-state index in [2.05, 4.69) is 20.8 Å². The summed E-state index contributed by atoms with van der Waals surface area (Å²) in [4.78, 5) is 47.6. The molecule has 0 aliphatic carbocycles. The van der Waals surface area contributed by atoms with Gasteiger partial charge in [0.2, 0.25) is 0 Å². The van der Waals surface area contributed by atoms with E-state index in [4.69, 9.17) is 9.47 Å². The number of esters is 1. The van der Waals surface area contributed by atoms with Crippen molar-refractivity contribution in [1.29, 1.82) is 0 Å². The molecule has 0 aliphatic rings. The van der Waals surface area contributed by atoms with Crippen LogP contribution in [0.5, 0.6) is 5.75 Å². The number of methoxy groups -OCH3 is 1. The molecule has 0 atom stereocenters. The van der Waals surface area contributed by atoms with Crippen LogP contribution in [0.15, 0.2) is 48.5 Å². The molecule has 0 aliphatic heterocycles. The molecule has 1 heterocycles. The second-order valence-electron chi connectivity index (χ2n) is 6.52. The quantitative estimate of drug-likeness (QED) is 0.389. The Labute approximate surface area is 182 Å². The fraction of sp³-hybridized carbons (Fsp3) is 0.190. The molecule has 0 radical (unpaired) electrons. The number of anilines is 1. The maximum absolute atomic E-state index is 12.2. The third-order valence-electron chi connectivity index (χ3n) is 4.27. The summed E-state index contributed by atoms with van der Waals surface area (Å²) >= 11 is 0. The molecule has 0 saturated carbocycles. The Kier molecular flexibility index (Phi) is 7.36. The van der Waals surface area contributed by atoms with Gasteiger partial charge in [-0.15, -0.1) is 0 Å². The van der Waals surface area contributed by atoms with Crippen molar-refractivity contribution in [3.05, 3.63) is 54.2 Å². The lowest BCUT2D eigenvalue weighted by Crippen LogP contribution is -2.37. The fourth-order valence-electron chi connectivity index (χ4n) is 2.72. The largest absolute Gasteiger partial charge is 0.497 e. The highest BCUT2D eigenvalue weighted by Gasteiger charge is 2.15. The maximum atomic E-state index is 12.2. The average molecular weight is 439 g/mol. The van der Waals surface area contributed by atoms with Crippen molar-refractivity contribution in [2.75, 3.05) is 25.6 Å². The predicted molar refractivity (Wildman–Crippen MR) is 114 cm³/mol. The number of nitrogens with zero attached hydrogens (tertiary/aromatic N) is 1. The van der Waals surface area contributed by atoms with Gasteiger partial charge in [0.1, 0.15) is 5.75 Å². The summed E-state index contributed by atoms with van der Waals surface area (Å²) in [7, 11) is 1.52. The Hall–Kier alpha value is -4.41. The zero-order valence-corrected chi connectivity index (χ0v) is 17.1. The number of carbonyl (C=O) groups excluding carboxylic acids is 4. The number of urea groups is 1. The number of hydrogen-bond acceptors (Lipinski definition) is 7. The Morgan fingerprint density at radius 3 is 2.53 bits per heavy atom. The van der Waals surface area contributed by atoms with Crippen molar-refractivity contribution in [1.82, 2.24) is 20.8 Å². The molecule has 0 bridgehead atoms. The van der Waals surface area contributed by atoms with Crippen molar-refractivity contribution in [3.63, 3.8) is 0 Å². The standard InChI is InChI=1S/C21H21N5O6/c1-31-14-8-6-13(7-9-14)23-21(30)24-17(27)12-32-18(28)10-11-22-20(29)19-15-4-2-3-5-16(15)25-26-19/h2-9H,10-12H2,1H3,(H,22,29)(H,25,26)(H2,23,24,27,30). The minimum Gasteiger partial charge on any atom is -0.497 e. The first-order valence-electron chi connectivity index (χ1n) is 9.58. The van der Waals surface area contributed by atoms with E-state index in [0.717, 1.165) is 5.52 Å². The van der Waals surface area contributed by atoms with E-state index in [1.54, 1.807) is 42.5 Å². The maximum Gasteiger partial charge on any atom is 0.325 e. The Morgan fingerprint density at radius 2 is 1.78 bits per heavy atom. The third-order valence-corrected chi connectivity index (χ3v) is 4.27. The zero-order valence-electron chi connectivity index (χ0n) is 17.1. The first-order valence-corrected chi connectivity index (χ1v) is 9.58. The first kappa shape index (κ1) is 22.3. The van der Waals surface area contributed by atoms with Gasteiger partial charge in [0.05, 0.1) is 19.0 Å². The third kappa shape index (κ3) is 6.05. The van der Waals surface area contributed by atoms with Gasteiger partial charge in [0.15, 0.2) is 12.3 Å². The molecule has 11 heteroatoms. The zero-order chi connectivity index (χ0) is 22.9. The molecule has 4 N–H and O–H groups in total. The lowest BCUT2D eigenvalue weighted by molar-refractivity contribution is -0.148. The second-order valence-corrected chi connectivity index (χ2v) is 6.52. The number of amides is 4. The normalized spacial score (nSPS) is 10.3.